The number of nitro groups is 1. The summed E-state index contributed by atoms with van der Waals surface area (Å²) in [4.78, 5) is 24.0. The zero-order chi connectivity index (χ0) is 20.1. The molecule has 4 bridgehead atoms. The van der Waals surface area contributed by atoms with E-state index in [0.717, 1.165) is 37.0 Å². The fraction of sp³-hybridized carbons (Fsp3) is 0.667. The van der Waals surface area contributed by atoms with E-state index in [0.29, 0.717) is 5.75 Å². The zero-order valence-corrected chi connectivity index (χ0v) is 16.7. The maximum Gasteiger partial charge on any atom is 0.286 e. The molecular formula is C21H28N2O5. The van der Waals surface area contributed by atoms with E-state index in [1.807, 2.05) is 0 Å². The van der Waals surface area contributed by atoms with Crippen LogP contribution in [0.15, 0.2) is 12.1 Å². The highest BCUT2D eigenvalue weighted by atomic mass is 16.6. The Morgan fingerprint density at radius 2 is 1.61 bits per heavy atom. The van der Waals surface area contributed by atoms with Crippen molar-refractivity contribution >= 4 is 11.6 Å². The lowest BCUT2D eigenvalue weighted by Gasteiger charge is -2.59. The second kappa shape index (κ2) is 6.94. The lowest BCUT2D eigenvalue weighted by molar-refractivity contribution is -0.385. The van der Waals surface area contributed by atoms with Gasteiger partial charge in [-0.05, 0) is 68.6 Å². The number of amides is 1. The second-order valence-electron chi connectivity index (χ2n) is 8.96. The van der Waals surface area contributed by atoms with Gasteiger partial charge in [0, 0.05) is 12.1 Å². The number of hydrogen-bond donors (Lipinski definition) is 1. The van der Waals surface area contributed by atoms with Gasteiger partial charge < -0.3 is 14.8 Å². The van der Waals surface area contributed by atoms with Crippen LogP contribution in [0.25, 0.3) is 0 Å². The van der Waals surface area contributed by atoms with Gasteiger partial charge in [-0.1, -0.05) is 0 Å². The van der Waals surface area contributed by atoms with Gasteiger partial charge in [0.2, 0.25) is 0 Å². The molecule has 152 valence electrons. The van der Waals surface area contributed by atoms with E-state index in [4.69, 9.17) is 9.47 Å². The smallest absolute Gasteiger partial charge is 0.286 e. The molecule has 0 aliphatic heterocycles. The Bertz CT molecular complexity index is 771. The molecule has 0 saturated heterocycles. The number of nitrogens with zero attached hydrogens (tertiary/aromatic N) is 1. The average molecular weight is 388 g/mol. The fourth-order valence-electron chi connectivity index (χ4n) is 6.34. The van der Waals surface area contributed by atoms with Gasteiger partial charge in [-0.3, -0.25) is 14.9 Å². The average Bonchev–Trinajstić information content (AvgIpc) is 2.65. The van der Waals surface area contributed by atoms with Crippen LogP contribution in [0.4, 0.5) is 5.69 Å². The lowest BCUT2D eigenvalue weighted by Crippen LogP contribution is -2.55. The predicted molar refractivity (Wildman–Crippen MR) is 104 cm³/mol. The number of nitro benzene ring substituents is 1. The number of hydrogen-bond acceptors (Lipinski definition) is 5. The summed E-state index contributed by atoms with van der Waals surface area (Å²) in [7, 11) is 2.86. The molecule has 1 amide bonds. The zero-order valence-electron chi connectivity index (χ0n) is 16.7. The Balaban J connectivity index is 1.59. The number of rotatable bonds is 6. The van der Waals surface area contributed by atoms with Gasteiger partial charge in [-0.15, -0.1) is 0 Å². The molecule has 4 aliphatic rings. The van der Waals surface area contributed by atoms with Gasteiger partial charge in [0.1, 0.15) is 5.56 Å². The van der Waals surface area contributed by atoms with Crippen molar-refractivity contribution in [2.45, 2.75) is 51.5 Å². The number of methoxy groups -OCH3 is 2. The van der Waals surface area contributed by atoms with Crippen LogP contribution in [0.1, 0.15) is 55.8 Å². The van der Waals surface area contributed by atoms with Gasteiger partial charge in [-0.25, -0.2) is 0 Å². The quantitative estimate of drug-likeness (QED) is 0.589. The third kappa shape index (κ3) is 3.10. The number of benzene rings is 1. The number of carbonyl (C=O) groups excluding carboxylic acids is 1. The van der Waals surface area contributed by atoms with E-state index >= 15 is 0 Å². The minimum atomic E-state index is -0.549. The summed E-state index contributed by atoms with van der Waals surface area (Å²) in [5.41, 5.74) is -0.123. The Hall–Kier alpha value is -2.31. The first-order chi connectivity index (χ1) is 13.3. The summed E-state index contributed by atoms with van der Waals surface area (Å²) in [5.74, 6) is 2.46. The molecule has 1 N–H and O–H groups in total. The molecule has 0 heterocycles. The molecule has 28 heavy (non-hydrogen) atoms. The van der Waals surface area contributed by atoms with Crippen molar-refractivity contribution in [3.05, 3.63) is 27.8 Å². The van der Waals surface area contributed by atoms with E-state index in [2.05, 4.69) is 12.2 Å². The predicted octanol–water partition coefficient (Wildman–Crippen LogP) is 3.95. The highest BCUT2D eigenvalue weighted by molar-refractivity contribution is 5.99. The monoisotopic (exact) mass is 388 g/mol. The van der Waals surface area contributed by atoms with Crippen LogP contribution >= 0.6 is 0 Å². The molecule has 4 saturated carbocycles. The molecule has 7 heteroatoms. The summed E-state index contributed by atoms with van der Waals surface area (Å²) >= 11 is 0. The Morgan fingerprint density at radius 1 is 1.11 bits per heavy atom. The van der Waals surface area contributed by atoms with E-state index in [1.54, 1.807) is 0 Å². The molecule has 5 rings (SSSR count). The number of carbonyl (C=O) groups is 1. The maximum atomic E-state index is 13.0. The summed E-state index contributed by atoms with van der Waals surface area (Å²) in [6, 6.07) is 2.64. The number of nitrogens with one attached hydrogen (secondary N) is 1. The van der Waals surface area contributed by atoms with Crippen molar-refractivity contribution in [3.63, 3.8) is 0 Å². The lowest BCUT2D eigenvalue weighted by atomic mass is 9.48. The fourth-order valence-corrected chi connectivity index (χ4v) is 6.34. The Morgan fingerprint density at radius 3 is 2.07 bits per heavy atom. The molecule has 7 nitrogen and oxygen atoms in total. The molecule has 1 atom stereocenters. The third-order valence-electron chi connectivity index (χ3n) is 7.29. The molecule has 0 spiro atoms. The third-order valence-corrected chi connectivity index (χ3v) is 7.29. The first-order valence-electron chi connectivity index (χ1n) is 10.1. The van der Waals surface area contributed by atoms with Gasteiger partial charge >= 0.3 is 0 Å². The molecule has 1 aromatic rings. The minimum Gasteiger partial charge on any atom is -0.493 e. The largest absolute Gasteiger partial charge is 0.493 e. The van der Waals surface area contributed by atoms with E-state index < -0.39 is 10.8 Å². The Labute approximate surface area is 164 Å². The van der Waals surface area contributed by atoms with Crippen LogP contribution in [0, 0.1) is 33.3 Å². The topological polar surface area (TPSA) is 90.7 Å². The van der Waals surface area contributed by atoms with Crippen LogP contribution in [0.5, 0.6) is 11.5 Å². The van der Waals surface area contributed by atoms with E-state index in [1.165, 1.54) is 45.6 Å². The normalized spacial score (nSPS) is 31.3. The van der Waals surface area contributed by atoms with Crippen LogP contribution in [0.2, 0.25) is 0 Å². The second-order valence-corrected chi connectivity index (χ2v) is 8.96. The minimum absolute atomic E-state index is 0.0129. The summed E-state index contributed by atoms with van der Waals surface area (Å²) in [5, 5.41) is 14.6. The van der Waals surface area contributed by atoms with Crippen molar-refractivity contribution in [2.75, 3.05) is 14.2 Å². The molecule has 4 aliphatic carbocycles. The summed E-state index contributed by atoms with van der Waals surface area (Å²) < 4.78 is 10.4. The standard InChI is InChI=1S/C21H28N2O5/c1-12(21-9-13-4-14(10-21)6-15(5-13)11-21)22-20(24)16-7-18(27-2)19(28-3)8-17(16)23(25)26/h7-8,12-15H,4-6,9-11H2,1-3H3,(H,22,24)/t12-,13?,14?,15?,21?/m0/s1. The molecule has 0 radical (unpaired) electrons. The highest BCUT2D eigenvalue weighted by Gasteiger charge is 2.53. The number of ether oxygens (including phenoxy) is 2. The molecule has 1 aromatic carbocycles. The molecule has 0 unspecified atom stereocenters. The van der Waals surface area contributed by atoms with Crippen molar-refractivity contribution < 1.29 is 19.2 Å². The van der Waals surface area contributed by atoms with E-state index in [-0.39, 0.29) is 28.5 Å². The highest BCUT2D eigenvalue weighted by Crippen LogP contribution is 2.61. The molecule has 4 fully saturated rings. The van der Waals surface area contributed by atoms with Gasteiger partial charge in [-0.2, -0.15) is 0 Å². The van der Waals surface area contributed by atoms with Gasteiger partial charge in [0.15, 0.2) is 11.5 Å². The van der Waals surface area contributed by atoms with Crippen LogP contribution in [-0.2, 0) is 0 Å². The molecule has 0 aromatic heterocycles. The maximum absolute atomic E-state index is 13.0. The first-order valence-corrected chi connectivity index (χ1v) is 10.1. The van der Waals surface area contributed by atoms with Crippen molar-refractivity contribution in [1.29, 1.82) is 0 Å². The van der Waals surface area contributed by atoms with Gasteiger partial charge in [0.05, 0.1) is 25.2 Å². The van der Waals surface area contributed by atoms with Gasteiger partial charge in [0.25, 0.3) is 11.6 Å². The van der Waals surface area contributed by atoms with Crippen molar-refractivity contribution in [3.8, 4) is 11.5 Å². The van der Waals surface area contributed by atoms with Crippen LogP contribution in [0.3, 0.4) is 0 Å². The summed E-state index contributed by atoms with van der Waals surface area (Å²) in [6.07, 6.45) is 7.49. The Kier molecular flexibility index (Phi) is 4.71. The van der Waals surface area contributed by atoms with E-state index in [9.17, 15) is 14.9 Å². The first kappa shape index (κ1) is 19.0. The van der Waals surface area contributed by atoms with Crippen molar-refractivity contribution in [1.82, 2.24) is 5.32 Å². The van der Waals surface area contributed by atoms with Crippen molar-refractivity contribution in [2.24, 2.45) is 23.2 Å². The van der Waals surface area contributed by atoms with Crippen LogP contribution < -0.4 is 14.8 Å². The SMILES string of the molecule is COc1cc(C(=O)N[C@@H](C)C23CC4CC(CC(C4)C2)C3)c([N+](=O)[O-])cc1OC. The molecular weight excluding hydrogens is 360 g/mol. The summed E-state index contributed by atoms with van der Waals surface area (Å²) in [6.45, 7) is 2.07. The van der Waals surface area contributed by atoms with Crippen LogP contribution in [-0.4, -0.2) is 31.1 Å².